The van der Waals surface area contributed by atoms with E-state index in [0.29, 0.717) is 6.42 Å². The highest BCUT2D eigenvalue weighted by Crippen LogP contribution is 2.10. The van der Waals surface area contributed by atoms with E-state index in [9.17, 15) is 4.79 Å². The van der Waals surface area contributed by atoms with Crippen LogP contribution in [0.15, 0.2) is 12.2 Å². The third kappa shape index (κ3) is 19.2. The van der Waals surface area contributed by atoms with Crippen LogP contribution < -0.4 is 0 Å². The van der Waals surface area contributed by atoms with Gasteiger partial charge in [-0.3, -0.25) is 4.79 Å². The zero-order valence-electron chi connectivity index (χ0n) is 14.9. The molecule has 0 amide bonds. The number of carbonyl (C=O) groups is 1. The Bertz CT molecular complexity index is 249. The molecule has 0 aromatic heterocycles. The van der Waals surface area contributed by atoms with Crippen molar-refractivity contribution in [3.8, 4) is 0 Å². The molecule has 0 bridgehead atoms. The summed E-state index contributed by atoms with van der Waals surface area (Å²) in [6.45, 7) is 2.26. The van der Waals surface area contributed by atoms with E-state index in [4.69, 9.17) is 0 Å². The molecule has 132 valence electrons. The maximum absolute atomic E-state index is 10.9. The standard InChI is InChI=1S/C19H36O2.H2O/c1-3-4-5-6-7-8-9-10-11-12-13-14-15-16-17-18-19(20)21-2;/h8-9H,3-7,10-18H2,1-2H3;1H2. The largest absolute Gasteiger partial charge is 0.469 e. The molecule has 3 heteroatoms. The molecule has 0 rings (SSSR count). The lowest BCUT2D eigenvalue weighted by Gasteiger charge is -2.01. The molecule has 0 atom stereocenters. The van der Waals surface area contributed by atoms with Gasteiger partial charge in [0.1, 0.15) is 0 Å². The molecule has 0 radical (unpaired) electrons. The summed E-state index contributed by atoms with van der Waals surface area (Å²) in [6.07, 6.45) is 22.0. The molecule has 0 heterocycles. The van der Waals surface area contributed by atoms with E-state index in [1.54, 1.807) is 0 Å². The number of allylic oxidation sites excluding steroid dienone is 2. The van der Waals surface area contributed by atoms with E-state index in [-0.39, 0.29) is 11.4 Å². The Labute approximate surface area is 137 Å². The van der Waals surface area contributed by atoms with Gasteiger partial charge in [-0.25, -0.2) is 0 Å². The highest BCUT2D eigenvalue weighted by Gasteiger charge is 1.98. The van der Waals surface area contributed by atoms with Gasteiger partial charge >= 0.3 is 5.97 Å². The van der Waals surface area contributed by atoms with Crippen LogP contribution in [0.25, 0.3) is 0 Å². The van der Waals surface area contributed by atoms with Crippen molar-refractivity contribution in [1.29, 1.82) is 0 Å². The molecule has 0 saturated carbocycles. The molecular formula is C19H38O3. The normalized spacial score (nSPS) is 10.6. The topological polar surface area (TPSA) is 57.8 Å². The Morgan fingerprint density at radius 2 is 1.23 bits per heavy atom. The fraction of sp³-hybridized carbons (Fsp3) is 0.842. The second-order valence-corrected chi connectivity index (χ2v) is 5.91. The van der Waals surface area contributed by atoms with Crippen LogP contribution in [0.1, 0.15) is 96.8 Å². The van der Waals surface area contributed by atoms with Gasteiger partial charge in [0.2, 0.25) is 0 Å². The first-order valence-corrected chi connectivity index (χ1v) is 9.03. The Hall–Kier alpha value is -0.830. The lowest BCUT2D eigenvalue weighted by Crippen LogP contribution is -1.99. The minimum atomic E-state index is -0.0727. The maximum Gasteiger partial charge on any atom is 0.305 e. The highest BCUT2D eigenvalue weighted by atomic mass is 16.5. The minimum Gasteiger partial charge on any atom is -0.469 e. The van der Waals surface area contributed by atoms with E-state index < -0.39 is 0 Å². The molecular weight excluding hydrogens is 276 g/mol. The predicted molar refractivity (Wildman–Crippen MR) is 95.1 cm³/mol. The summed E-state index contributed by atoms with van der Waals surface area (Å²) in [4.78, 5) is 10.9. The lowest BCUT2D eigenvalue weighted by atomic mass is 10.1. The van der Waals surface area contributed by atoms with E-state index in [1.807, 2.05) is 0 Å². The smallest absolute Gasteiger partial charge is 0.305 e. The van der Waals surface area contributed by atoms with Gasteiger partial charge in [0.25, 0.3) is 0 Å². The van der Waals surface area contributed by atoms with Crippen molar-refractivity contribution in [1.82, 2.24) is 0 Å². The van der Waals surface area contributed by atoms with Crippen molar-refractivity contribution in [3.05, 3.63) is 12.2 Å². The molecule has 2 N–H and O–H groups in total. The summed E-state index contributed by atoms with van der Waals surface area (Å²) in [5, 5.41) is 0. The Morgan fingerprint density at radius 1 is 0.773 bits per heavy atom. The Morgan fingerprint density at radius 3 is 1.73 bits per heavy atom. The van der Waals surface area contributed by atoms with Crippen molar-refractivity contribution < 1.29 is 15.0 Å². The van der Waals surface area contributed by atoms with Crippen LogP contribution in [0.2, 0.25) is 0 Å². The first kappa shape index (κ1) is 23.4. The lowest BCUT2D eigenvalue weighted by molar-refractivity contribution is -0.140. The SMILES string of the molecule is CCCCCCC=CCCCCCCCCCC(=O)OC.O. The molecule has 0 fully saturated rings. The number of hydrogen-bond donors (Lipinski definition) is 0. The van der Waals surface area contributed by atoms with Gasteiger partial charge in [-0.1, -0.05) is 70.4 Å². The van der Waals surface area contributed by atoms with Crippen molar-refractivity contribution in [2.45, 2.75) is 96.8 Å². The van der Waals surface area contributed by atoms with E-state index in [1.165, 1.54) is 77.7 Å². The van der Waals surface area contributed by atoms with E-state index >= 15 is 0 Å². The molecule has 0 aromatic carbocycles. The zero-order valence-corrected chi connectivity index (χ0v) is 14.9. The van der Waals surface area contributed by atoms with Crippen LogP contribution in [0.3, 0.4) is 0 Å². The average molecular weight is 315 g/mol. The van der Waals surface area contributed by atoms with Crippen molar-refractivity contribution in [3.63, 3.8) is 0 Å². The van der Waals surface area contributed by atoms with Gasteiger partial charge in [-0.15, -0.1) is 0 Å². The molecule has 0 aromatic rings. The van der Waals surface area contributed by atoms with Crippen LogP contribution in [-0.2, 0) is 9.53 Å². The fourth-order valence-electron chi connectivity index (χ4n) is 2.44. The van der Waals surface area contributed by atoms with Gasteiger partial charge < -0.3 is 10.2 Å². The second-order valence-electron chi connectivity index (χ2n) is 5.91. The molecule has 0 aliphatic carbocycles. The molecule has 0 spiro atoms. The molecule has 0 aliphatic rings. The molecule has 0 unspecified atom stereocenters. The number of unbranched alkanes of at least 4 members (excludes halogenated alkanes) is 11. The van der Waals surface area contributed by atoms with Crippen molar-refractivity contribution in [2.24, 2.45) is 0 Å². The molecule has 22 heavy (non-hydrogen) atoms. The summed E-state index contributed by atoms with van der Waals surface area (Å²) >= 11 is 0. The molecule has 0 aliphatic heterocycles. The highest BCUT2D eigenvalue weighted by molar-refractivity contribution is 5.68. The van der Waals surface area contributed by atoms with Gasteiger partial charge in [-0.05, 0) is 32.1 Å². The van der Waals surface area contributed by atoms with Gasteiger partial charge in [0, 0.05) is 6.42 Å². The average Bonchev–Trinajstić information content (AvgIpc) is 2.50. The minimum absolute atomic E-state index is 0. The van der Waals surface area contributed by atoms with E-state index in [2.05, 4.69) is 23.8 Å². The second kappa shape index (κ2) is 20.2. The number of hydrogen-bond acceptors (Lipinski definition) is 2. The number of ether oxygens (including phenoxy) is 1. The summed E-state index contributed by atoms with van der Waals surface area (Å²) in [6, 6.07) is 0. The summed E-state index contributed by atoms with van der Waals surface area (Å²) in [5.41, 5.74) is 0. The number of rotatable bonds is 15. The van der Waals surface area contributed by atoms with Gasteiger partial charge in [0.05, 0.1) is 7.11 Å². The maximum atomic E-state index is 10.9. The summed E-state index contributed by atoms with van der Waals surface area (Å²) < 4.78 is 4.62. The van der Waals surface area contributed by atoms with Crippen LogP contribution in [0.4, 0.5) is 0 Å². The monoisotopic (exact) mass is 314 g/mol. The molecule has 0 saturated heterocycles. The Kier molecular flexibility index (Phi) is 21.5. The van der Waals surface area contributed by atoms with Crippen molar-refractivity contribution in [2.75, 3.05) is 7.11 Å². The van der Waals surface area contributed by atoms with Crippen molar-refractivity contribution >= 4 is 5.97 Å². The van der Waals surface area contributed by atoms with Crippen LogP contribution >= 0.6 is 0 Å². The molecule has 3 nitrogen and oxygen atoms in total. The first-order chi connectivity index (χ1) is 10.3. The third-order valence-corrected chi connectivity index (χ3v) is 3.87. The number of esters is 1. The van der Waals surface area contributed by atoms with E-state index in [0.717, 1.165) is 12.8 Å². The first-order valence-electron chi connectivity index (χ1n) is 9.03. The van der Waals surface area contributed by atoms with Gasteiger partial charge in [0.15, 0.2) is 0 Å². The number of carbonyl (C=O) groups excluding carboxylic acids is 1. The zero-order chi connectivity index (χ0) is 15.6. The summed E-state index contributed by atoms with van der Waals surface area (Å²) in [5.74, 6) is -0.0727. The summed E-state index contributed by atoms with van der Waals surface area (Å²) in [7, 11) is 1.46. The predicted octanol–water partition coefficient (Wildman–Crippen LogP) is 5.37. The third-order valence-electron chi connectivity index (χ3n) is 3.87. The van der Waals surface area contributed by atoms with Gasteiger partial charge in [-0.2, -0.15) is 0 Å². The number of methoxy groups -OCH3 is 1. The van der Waals surface area contributed by atoms with Crippen LogP contribution in [0, 0.1) is 0 Å². The Balaban J connectivity index is 0. The van der Waals surface area contributed by atoms with Crippen LogP contribution in [0.5, 0.6) is 0 Å². The fourth-order valence-corrected chi connectivity index (χ4v) is 2.44. The van der Waals surface area contributed by atoms with Crippen LogP contribution in [-0.4, -0.2) is 18.6 Å². The quantitative estimate of drug-likeness (QED) is 0.232.